The van der Waals surface area contributed by atoms with Gasteiger partial charge in [0, 0.05) is 6.08 Å². The van der Waals surface area contributed by atoms with Crippen molar-refractivity contribution in [1.82, 2.24) is 5.43 Å². The standard InChI is InChI=1S/C18H16BF8N3O/c1-16(2)12(8-13(17(20,21)22)28-10-11-6-4-3-5-7-11)29-30-14(16)9-15(18(23,24)25)31-19(30,26)27/h3-9,29H,10H2,1-2H3/b12-8-,28-13?. The molecule has 0 unspecified atom stereocenters. The predicted octanol–water partition coefficient (Wildman–Crippen LogP) is 4.92. The lowest BCUT2D eigenvalue weighted by Crippen LogP contribution is -2.52. The fourth-order valence-electron chi connectivity index (χ4n) is 3.09. The quantitative estimate of drug-likeness (QED) is 0.401. The van der Waals surface area contributed by atoms with Crippen LogP contribution in [-0.2, 0) is 11.2 Å². The Balaban J connectivity index is 2.02. The van der Waals surface area contributed by atoms with Gasteiger partial charge in [0.05, 0.1) is 17.7 Å². The molecule has 0 saturated carbocycles. The SMILES string of the molecule is CC1(C)C2=[N+](N/C1=C\C(=NCc1ccccc1)C(F)(F)F)[B-](F)(F)OC(C(F)(F)F)=C2. The Labute approximate surface area is 171 Å². The van der Waals surface area contributed by atoms with Crippen molar-refractivity contribution in [3.63, 3.8) is 0 Å². The topological polar surface area (TPSA) is 36.6 Å². The van der Waals surface area contributed by atoms with Crippen LogP contribution in [0.25, 0.3) is 0 Å². The van der Waals surface area contributed by atoms with Crippen LogP contribution in [0.2, 0.25) is 0 Å². The van der Waals surface area contributed by atoms with Crippen molar-refractivity contribution in [3.8, 4) is 0 Å². The minimum atomic E-state index is -5.24. The Morgan fingerprint density at radius 2 is 1.74 bits per heavy atom. The smallest absolute Gasteiger partial charge is 0.595 e. The number of nitrogens with one attached hydrogen (secondary N) is 1. The van der Waals surface area contributed by atoms with Crippen LogP contribution >= 0.6 is 0 Å². The van der Waals surface area contributed by atoms with E-state index in [0.717, 1.165) is 0 Å². The van der Waals surface area contributed by atoms with E-state index in [-0.39, 0.29) is 11.1 Å². The molecule has 2 heterocycles. The highest BCUT2D eigenvalue weighted by atomic mass is 19.4. The van der Waals surface area contributed by atoms with Gasteiger partial charge in [-0.2, -0.15) is 26.3 Å². The van der Waals surface area contributed by atoms with Crippen molar-refractivity contribution < 1.29 is 44.2 Å². The normalized spacial score (nSPS) is 22.1. The molecule has 0 radical (unpaired) electrons. The summed E-state index contributed by atoms with van der Waals surface area (Å²) in [6, 6.07) is 8.01. The molecule has 0 fully saturated rings. The number of halogens is 8. The lowest BCUT2D eigenvalue weighted by molar-refractivity contribution is -0.491. The number of hydrogen-bond donors (Lipinski definition) is 1. The second-order valence-corrected chi connectivity index (χ2v) is 7.42. The molecule has 0 spiro atoms. The molecule has 13 heteroatoms. The van der Waals surface area contributed by atoms with Crippen molar-refractivity contribution in [2.75, 3.05) is 0 Å². The van der Waals surface area contributed by atoms with E-state index in [1.54, 1.807) is 30.3 Å². The Bertz CT molecular complexity index is 991. The van der Waals surface area contributed by atoms with Crippen LogP contribution in [-0.4, -0.2) is 35.4 Å². The summed E-state index contributed by atoms with van der Waals surface area (Å²) in [6.07, 6.45) is -9.26. The molecule has 0 aromatic heterocycles. The van der Waals surface area contributed by atoms with Gasteiger partial charge in [0.25, 0.3) is 0 Å². The van der Waals surface area contributed by atoms with Gasteiger partial charge in [-0.3, -0.25) is 4.99 Å². The van der Waals surface area contributed by atoms with E-state index < -0.39 is 47.7 Å². The van der Waals surface area contributed by atoms with Gasteiger partial charge in [-0.05, 0) is 25.5 Å². The van der Waals surface area contributed by atoms with Crippen molar-refractivity contribution >= 4 is 18.5 Å². The Kier molecular flexibility index (Phi) is 5.43. The summed E-state index contributed by atoms with van der Waals surface area (Å²) in [5.74, 6) is -1.92. The molecular formula is C18H16BF8N3O. The number of aliphatic imine (C=N–C) groups is 1. The first-order chi connectivity index (χ1) is 14.1. The fourth-order valence-corrected chi connectivity index (χ4v) is 3.09. The zero-order valence-electron chi connectivity index (χ0n) is 16.2. The first-order valence-electron chi connectivity index (χ1n) is 8.92. The second kappa shape index (κ2) is 7.38. The van der Waals surface area contributed by atoms with Crippen molar-refractivity contribution in [3.05, 3.63) is 59.5 Å². The van der Waals surface area contributed by atoms with E-state index in [9.17, 15) is 35.0 Å². The number of hydrazine groups is 1. The molecule has 0 bridgehead atoms. The zero-order valence-corrected chi connectivity index (χ0v) is 16.2. The van der Waals surface area contributed by atoms with Crippen molar-refractivity contribution in [2.45, 2.75) is 32.7 Å². The average molecular weight is 453 g/mol. The molecule has 0 saturated heterocycles. The highest BCUT2D eigenvalue weighted by molar-refractivity contribution is 6.52. The molecule has 1 aromatic rings. The summed E-state index contributed by atoms with van der Waals surface area (Å²) in [6.45, 7) is 2.10. The predicted molar refractivity (Wildman–Crippen MR) is 97.1 cm³/mol. The minimum absolute atomic E-state index is 0.0340. The van der Waals surface area contributed by atoms with Crippen LogP contribution in [0.3, 0.4) is 0 Å². The van der Waals surface area contributed by atoms with E-state index in [1.165, 1.54) is 13.8 Å². The number of hydrazone groups is 1. The molecule has 1 N–H and O–H groups in total. The van der Waals surface area contributed by atoms with Gasteiger partial charge in [0.2, 0.25) is 0 Å². The van der Waals surface area contributed by atoms with E-state index in [4.69, 9.17) is 0 Å². The third kappa shape index (κ3) is 4.59. The summed E-state index contributed by atoms with van der Waals surface area (Å²) in [5, 5.41) is 0. The van der Waals surface area contributed by atoms with E-state index in [1.807, 2.05) is 0 Å². The van der Waals surface area contributed by atoms with Gasteiger partial charge in [-0.1, -0.05) is 30.3 Å². The van der Waals surface area contributed by atoms with Crippen LogP contribution in [0.5, 0.6) is 0 Å². The van der Waals surface area contributed by atoms with Crippen molar-refractivity contribution in [2.24, 2.45) is 10.4 Å². The fraction of sp³-hybridized carbons (Fsp3) is 0.333. The molecule has 0 atom stereocenters. The molecular weight excluding hydrogens is 437 g/mol. The van der Waals surface area contributed by atoms with Gasteiger partial charge in [0.1, 0.15) is 5.71 Å². The largest absolute Gasteiger partial charge is 0.856 e. The molecule has 31 heavy (non-hydrogen) atoms. The molecule has 2 aliphatic rings. The monoisotopic (exact) mass is 453 g/mol. The number of hydrogen-bond acceptors (Lipinski definition) is 3. The summed E-state index contributed by atoms with van der Waals surface area (Å²) < 4.78 is 112. The molecule has 0 amide bonds. The van der Waals surface area contributed by atoms with Crippen LogP contribution in [0.15, 0.2) is 58.9 Å². The van der Waals surface area contributed by atoms with E-state index in [0.29, 0.717) is 17.7 Å². The maximum Gasteiger partial charge on any atom is 0.856 e. The number of allylic oxidation sites excluding steroid dienone is 4. The zero-order chi connectivity index (χ0) is 23.2. The number of alkyl halides is 6. The summed E-state index contributed by atoms with van der Waals surface area (Å²) in [5.41, 5.74) is -1.46. The Morgan fingerprint density at radius 3 is 2.29 bits per heavy atom. The van der Waals surface area contributed by atoms with Gasteiger partial charge in [-0.25, -0.2) is 10.0 Å². The summed E-state index contributed by atoms with van der Waals surface area (Å²) >= 11 is 0. The van der Waals surface area contributed by atoms with Gasteiger partial charge < -0.3 is 13.3 Å². The molecule has 1 aromatic carbocycles. The molecule has 0 aliphatic carbocycles. The first kappa shape index (κ1) is 22.8. The third-order valence-corrected chi connectivity index (χ3v) is 4.78. The number of benzene rings is 1. The van der Waals surface area contributed by atoms with Crippen LogP contribution in [0, 0.1) is 5.41 Å². The maximum absolute atomic E-state index is 14.3. The van der Waals surface area contributed by atoms with Gasteiger partial charge >= 0.3 is 19.4 Å². The first-order valence-corrected chi connectivity index (χ1v) is 8.92. The Hall–Kier alpha value is -2.86. The molecule has 2 aliphatic heterocycles. The van der Waals surface area contributed by atoms with Gasteiger partial charge in [0.15, 0.2) is 11.5 Å². The summed E-state index contributed by atoms with van der Waals surface area (Å²) in [4.78, 5) is 3.54. The molecule has 4 nitrogen and oxygen atoms in total. The second-order valence-electron chi connectivity index (χ2n) is 7.42. The van der Waals surface area contributed by atoms with Crippen LogP contribution in [0.1, 0.15) is 19.4 Å². The summed E-state index contributed by atoms with van der Waals surface area (Å²) in [7, 11) is -5.24. The van der Waals surface area contributed by atoms with E-state index >= 15 is 0 Å². The molecule has 3 rings (SSSR count). The number of rotatable bonds is 3. The van der Waals surface area contributed by atoms with Crippen LogP contribution < -0.4 is 5.43 Å². The van der Waals surface area contributed by atoms with Gasteiger partial charge in [-0.15, -0.1) is 0 Å². The van der Waals surface area contributed by atoms with Crippen LogP contribution in [0.4, 0.5) is 35.0 Å². The van der Waals surface area contributed by atoms with E-state index in [2.05, 4.69) is 15.1 Å². The number of nitrogens with zero attached hydrogens (tertiary/aromatic N) is 2. The Morgan fingerprint density at radius 1 is 1.13 bits per heavy atom. The lowest BCUT2D eigenvalue weighted by Gasteiger charge is -2.28. The average Bonchev–Trinajstić information content (AvgIpc) is 2.88. The maximum atomic E-state index is 14.3. The third-order valence-electron chi connectivity index (χ3n) is 4.78. The lowest BCUT2D eigenvalue weighted by atomic mass is 9.82. The highest BCUT2D eigenvalue weighted by Gasteiger charge is 2.62. The minimum Gasteiger partial charge on any atom is -0.595 e. The molecule has 168 valence electrons. The highest BCUT2D eigenvalue weighted by Crippen LogP contribution is 2.41. The van der Waals surface area contributed by atoms with Crippen molar-refractivity contribution in [1.29, 1.82) is 0 Å².